The third kappa shape index (κ3) is 3.41. The maximum atomic E-state index is 13.8. The van der Waals surface area contributed by atoms with Crippen molar-refractivity contribution in [3.63, 3.8) is 0 Å². The maximum absolute atomic E-state index is 13.8. The summed E-state index contributed by atoms with van der Waals surface area (Å²) in [5.74, 6) is 1.89. The second-order valence-corrected chi connectivity index (χ2v) is 8.54. The highest BCUT2D eigenvalue weighted by atomic mass is 16.5. The number of aromatic nitrogens is 2. The fourth-order valence-corrected chi connectivity index (χ4v) is 4.90. The van der Waals surface area contributed by atoms with Gasteiger partial charge < -0.3 is 18.9 Å². The summed E-state index contributed by atoms with van der Waals surface area (Å²) in [5.41, 5.74) is 2.41. The van der Waals surface area contributed by atoms with Gasteiger partial charge in [-0.2, -0.15) is 0 Å². The Morgan fingerprint density at radius 3 is 2.35 bits per heavy atom. The minimum Gasteiger partial charge on any atom is -0.497 e. The molecule has 0 aliphatic carbocycles. The van der Waals surface area contributed by atoms with Crippen molar-refractivity contribution < 1.29 is 23.7 Å². The van der Waals surface area contributed by atoms with E-state index in [1.807, 2.05) is 24.3 Å². The Balaban J connectivity index is 1.48. The lowest BCUT2D eigenvalue weighted by Gasteiger charge is -2.12. The molecule has 0 N–H and O–H groups in total. The number of ether oxygens (including phenoxy) is 4. The molecule has 0 saturated carbocycles. The van der Waals surface area contributed by atoms with Crippen LogP contribution in [0.1, 0.15) is 10.4 Å². The van der Waals surface area contributed by atoms with Gasteiger partial charge in [0, 0.05) is 27.9 Å². The number of methoxy groups -OCH3 is 3. The number of carbonyl (C=O) groups excluding carboxylic acids is 1. The average Bonchev–Trinajstić information content (AvgIpc) is 3.28. The van der Waals surface area contributed by atoms with Crippen LogP contribution >= 0.6 is 0 Å². The molecule has 0 fully saturated rings. The van der Waals surface area contributed by atoms with E-state index in [-0.39, 0.29) is 17.9 Å². The van der Waals surface area contributed by atoms with E-state index in [9.17, 15) is 9.59 Å². The van der Waals surface area contributed by atoms with Gasteiger partial charge in [-0.05, 0) is 60.7 Å². The quantitative estimate of drug-likeness (QED) is 0.231. The number of hydrogen-bond acceptors (Lipinski definition) is 7. The molecular weight excluding hydrogens is 472 g/mol. The first-order valence-corrected chi connectivity index (χ1v) is 11.6. The molecule has 37 heavy (non-hydrogen) atoms. The lowest BCUT2D eigenvalue weighted by Crippen LogP contribution is -2.14. The zero-order valence-corrected chi connectivity index (χ0v) is 20.4. The van der Waals surface area contributed by atoms with Crippen LogP contribution in [0, 0.1) is 0 Å². The molecule has 0 aliphatic heterocycles. The molecule has 0 radical (unpaired) electrons. The van der Waals surface area contributed by atoms with E-state index in [0.717, 1.165) is 10.8 Å². The van der Waals surface area contributed by atoms with E-state index in [2.05, 4.69) is 4.98 Å². The third-order valence-corrected chi connectivity index (χ3v) is 6.65. The standard InChI is InChI=1S/C29H22N2O6/c1-34-17-6-4-16(5-7-17)23(32)15-37-18-8-10-22-21(14-18)19-12-13-30-26-20-9-11-24(35-2)28(36-3)25(20)29(33)31(22)27(19)26/h4-14H,15H2,1-3H3. The molecule has 3 aromatic heterocycles. The van der Waals surface area contributed by atoms with Gasteiger partial charge in [0.15, 0.2) is 23.9 Å². The van der Waals surface area contributed by atoms with Crippen molar-refractivity contribution in [3.8, 4) is 23.0 Å². The normalized spacial score (nSPS) is 11.4. The largest absolute Gasteiger partial charge is 0.497 e. The van der Waals surface area contributed by atoms with Crippen molar-refractivity contribution in [3.05, 3.63) is 82.8 Å². The zero-order valence-electron chi connectivity index (χ0n) is 20.4. The van der Waals surface area contributed by atoms with Crippen molar-refractivity contribution in [1.29, 1.82) is 0 Å². The highest BCUT2D eigenvalue weighted by Gasteiger charge is 2.22. The summed E-state index contributed by atoms with van der Waals surface area (Å²) in [6, 6.07) is 17.8. The lowest BCUT2D eigenvalue weighted by molar-refractivity contribution is 0.0921. The van der Waals surface area contributed by atoms with E-state index < -0.39 is 0 Å². The second kappa shape index (κ2) is 8.67. The van der Waals surface area contributed by atoms with Crippen molar-refractivity contribution in [2.75, 3.05) is 27.9 Å². The fraction of sp³-hybridized carbons (Fsp3) is 0.138. The summed E-state index contributed by atoms with van der Waals surface area (Å²) in [5, 5.41) is 2.77. The van der Waals surface area contributed by atoms with Crippen molar-refractivity contribution in [2.24, 2.45) is 0 Å². The molecular formula is C29H22N2O6. The number of ketones is 1. The van der Waals surface area contributed by atoms with Crippen LogP contribution in [-0.4, -0.2) is 43.1 Å². The molecule has 8 heteroatoms. The first-order chi connectivity index (χ1) is 18.0. The van der Waals surface area contributed by atoms with Crippen LogP contribution < -0.4 is 24.5 Å². The number of carbonyl (C=O) groups is 1. The molecule has 0 saturated heterocycles. The van der Waals surface area contributed by atoms with Crippen molar-refractivity contribution in [2.45, 2.75) is 0 Å². The van der Waals surface area contributed by atoms with Crippen LogP contribution in [0.3, 0.4) is 0 Å². The molecule has 8 nitrogen and oxygen atoms in total. The molecule has 3 heterocycles. The molecule has 0 aliphatic rings. The maximum Gasteiger partial charge on any atom is 0.267 e. The van der Waals surface area contributed by atoms with Crippen LogP contribution in [0.4, 0.5) is 0 Å². The lowest BCUT2D eigenvalue weighted by atomic mass is 10.1. The van der Waals surface area contributed by atoms with Gasteiger partial charge in [-0.1, -0.05) is 0 Å². The first-order valence-electron chi connectivity index (χ1n) is 11.6. The fourth-order valence-electron chi connectivity index (χ4n) is 4.90. The Kier molecular flexibility index (Phi) is 5.30. The van der Waals surface area contributed by atoms with Gasteiger partial charge >= 0.3 is 0 Å². The van der Waals surface area contributed by atoms with Gasteiger partial charge in [0.1, 0.15) is 11.5 Å². The minimum absolute atomic E-state index is 0.120. The Morgan fingerprint density at radius 2 is 1.62 bits per heavy atom. The number of fused-ring (bicyclic) bond motifs is 5. The van der Waals surface area contributed by atoms with Gasteiger partial charge in [-0.25, -0.2) is 0 Å². The number of rotatable bonds is 7. The Morgan fingerprint density at radius 1 is 0.838 bits per heavy atom. The van der Waals surface area contributed by atoms with Crippen LogP contribution in [0.2, 0.25) is 0 Å². The topological polar surface area (TPSA) is 88.4 Å². The summed E-state index contributed by atoms with van der Waals surface area (Å²) < 4.78 is 23.7. The van der Waals surface area contributed by atoms with E-state index in [0.29, 0.717) is 55.9 Å². The molecule has 6 rings (SSSR count). The van der Waals surface area contributed by atoms with E-state index in [1.54, 1.807) is 54.1 Å². The number of pyridine rings is 2. The number of benzene rings is 3. The molecule has 0 spiro atoms. The van der Waals surface area contributed by atoms with Crippen LogP contribution in [0.25, 0.3) is 38.1 Å². The summed E-state index contributed by atoms with van der Waals surface area (Å²) in [6.07, 6.45) is 1.72. The van der Waals surface area contributed by atoms with Crippen LogP contribution in [0.15, 0.2) is 71.7 Å². The Labute approximate surface area is 210 Å². The summed E-state index contributed by atoms with van der Waals surface area (Å²) >= 11 is 0. The second-order valence-electron chi connectivity index (χ2n) is 8.54. The average molecular weight is 495 g/mol. The Bertz CT molecular complexity index is 1870. The SMILES string of the molecule is COc1ccc(C(=O)COc2ccc3c(c2)c2ccnc4c5ccc(OC)c(OC)c5c(=O)n3c24)cc1. The molecule has 0 bridgehead atoms. The van der Waals surface area contributed by atoms with Crippen molar-refractivity contribution >= 4 is 43.9 Å². The van der Waals surface area contributed by atoms with Gasteiger partial charge in [-0.15, -0.1) is 0 Å². The summed E-state index contributed by atoms with van der Waals surface area (Å²) in [7, 11) is 4.63. The molecule has 0 amide bonds. The van der Waals surface area contributed by atoms with Crippen LogP contribution in [-0.2, 0) is 0 Å². The summed E-state index contributed by atoms with van der Waals surface area (Å²) in [4.78, 5) is 31.1. The first kappa shape index (κ1) is 22.6. The smallest absolute Gasteiger partial charge is 0.267 e. The molecule has 184 valence electrons. The molecule has 6 aromatic rings. The minimum atomic E-state index is -0.227. The van der Waals surface area contributed by atoms with Crippen LogP contribution in [0.5, 0.6) is 23.0 Å². The zero-order chi connectivity index (χ0) is 25.7. The van der Waals surface area contributed by atoms with E-state index in [4.69, 9.17) is 18.9 Å². The monoisotopic (exact) mass is 494 g/mol. The predicted molar refractivity (Wildman–Crippen MR) is 141 cm³/mol. The van der Waals surface area contributed by atoms with Gasteiger partial charge in [0.05, 0.1) is 43.3 Å². The van der Waals surface area contributed by atoms with Gasteiger partial charge in [-0.3, -0.25) is 19.0 Å². The number of nitrogens with zero attached hydrogens (tertiary/aromatic N) is 2. The number of hydrogen-bond donors (Lipinski definition) is 0. The number of Topliss-reactive ketones (excluding diaryl/α,β-unsaturated/α-hetero) is 1. The third-order valence-electron chi connectivity index (χ3n) is 6.65. The molecule has 0 atom stereocenters. The highest BCUT2D eigenvalue weighted by Crippen LogP contribution is 2.39. The van der Waals surface area contributed by atoms with Gasteiger partial charge in [0.25, 0.3) is 5.56 Å². The van der Waals surface area contributed by atoms with E-state index >= 15 is 0 Å². The highest BCUT2D eigenvalue weighted by molar-refractivity contribution is 6.19. The predicted octanol–water partition coefficient (Wildman–Crippen LogP) is 4.88. The molecule has 0 unspecified atom stereocenters. The van der Waals surface area contributed by atoms with Gasteiger partial charge in [0.2, 0.25) is 0 Å². The van der Waals surface area contributed by atoms with E-state index in [1.165, 1.54) is 14.2 Å². The summed E-state index contributed by atoms with van der Waals surface area (Å²) in [6.45, 7) is -0.120. The molecule has 3 aromatic carbocycles. The Hall–Kier alpha value is -4.85. The van der Waals surface area contributed by atoms with Crippen molar-refractivity contribution in [1.82, 2.24) is 9.38 Å².